The van der Waals surface area contributed by atoms with Gasteiger partial charge < -0.3 is 4.74 Å². The predicted octanol–water partition coefficient (Wildman–Crippen LogP) is 4.50. The fraction of sp³-hybridized carbons (Fsp3) is 0.200. The van der Waals surface area contributed by atoms with Crippen LogP contribution in [-0.2, 0) is 16.9 Å². The second-order valence-electron chi connectivity index (χ2n) is 6.20. The molecule has 1 aromatic heterocycles. The van der Waals surface area contributed by atoms with E-state index in [1.165, 1.54) is 24.2 Å². The van der Waals surface area contributed by atoms with E-state index >= 15 is 0 Å². The van der Waals surface area contributed by atoms with Gasteiger partial charge in [-0.2, -0.15) is 5.10 Å². The molecule has 0 radical (unpaired) electrons. The lowest BCUT2D eigenvalue weighted by molar-refractivity contribution is 0.249. The van der Waals surface area contributed by atoms with E-state index in [0.29, 0.717) is 10.9 Å². The number of hydrogen-bond acceptors (Lipinski definition) is 4. The standard InChI is InChI=1S/C20H17F2N3OS/c1-2-11-27-19-23-13-24-25(19)12-20(15-9-6-10-16(21)17(15)22)18(26-20)14-7-4-3-5-8-14/h2-10,13,18H,1,11-12H2. The molecular formula is C20H17F2N3OS. The van der Waals surface area contributed by atoms with Crippen molar-refractivity contribution in [3.63, 3.8) is 0 Å². The summed E-state index contributed by atoms with van der Waals surface area (Å²) in [6, 6.07) is 13.7. The van der Waals surface area contributed by atoms with Crippen molar-refractivity contribution in [1.29, 1.82) is 0 Å². The molecule has 0 amide bonds. The molecule has 2 heterocycles. The number of epoxide rings is 1. The molecule has 2 aromatic carbocycles. The van der Waals surface area contributed by atoms with Gasteiger partial charge >= 0.3 is 0 Å². The van der Waals surface area contributed by atoms with E-state index in [1.807, 2.05) is 30.3 Å². The quantitative estimate of drug-likeness (QED) is 0.341. The minimum absolute atomic E-state index is 0.187. The van der Waals surface area contributed by atoms with E-state index < -0.39 is 23.3 Å². The largest absolute Gasteiger partial charge is 0.354 e. The minimum atomic E-state index is -1.04. The van der Waals surface area contributed by atoms with Gasteiger partial charge in [0.1, 0.15) is 18.0 Å². The third-order valence-corrected chi connectivity index (χ3v) is 5.48. The molecule has 4 rings (SSSR count). The van der Waals surface area contributed by atoms with Crippen molar-refractivity contribution in [2.24, 2.45) is 0 Å². The minimum Gasteiger partial charge on any atom is -0.354 e. The molecule has 0 aliphatic carbocycles. The van der Waals surface area contributed by atoms with Crippen molar-refractivity contribution in [2.75, 3.05) is 5.75 Å². The van der Waals surface area contributed by atoms with E-state index in [0.717, 1.165) is 11.6 Å². The topological polar surface area (TPSA) is 43.2 Å². The fourth-order valence-electron chi connectivity index (χ4n) is 3.21. The van der Waals surface area contributed by atoms with Crippen LogP contribution < -0.4 is 0 Å². The Balaban J connectivity index is 1.74. The Morgan fingerprint density at radius 3 is 2.78 bits per heavy atom. The van der Waals surface area contributed by atoms with Crippen LogP contribution in [0.4, 0.5) is 8.78 Å². The number of ether oxygens (including phenoxy) is 1. The SMILES string of the molecule is C=CCSc1ncnn1CC1(c2cccc(F)c2F)OC1c1ccccc1. The zero-order valence-corrected chi connectivity index (χ0v) is 15.2. The molecule has 0 bridgehead atoms. The highest BCUT2D eigenvalue weighted by atomic mass is 32.2. The lowest BCUT2D eigenvalue weighted by Crippen LogP contribution is -2.22. The van der Waals surface area contributed by atoms with Crippen LogP contribution in [-0.4, -0.2) is 20.5 Å². The van der Waals surface area contributed by atoms with Crippen molar-refractivity contribution >= 4 is 11.8 Å². The molecule has 3 aromatic rings. The number of benzene rings is 2. The maximum Gasteiger partial charge on any atom is 0.186 e. The van der Waals surface area contributed by atoms with Crippen molar-refractivity contribution in [1.82, 2.24) is 14.8 Å². The molecule has 138 valence electrons. The summed E-state index contributed by atoms with van der Waals surface area (Å²) in [5.74, 6) is -1.12. The summed E-state index contributed by atoms with van der Waals surface area (Å²) in [6.07, 6.45) is 2.82. The van der Waals surface area contributed by atoms with E-state index in [-0.39, 0.29) is 12.1 Å². The highest BCUT2D eigenvalue weighted by Gasteiger charge is 2.60. The number of hydrogen-bond donors (Lipinski definition) is 0. The summed E-state index contributed by atoms with van der Waals surface area (Å²) >= 11 is 1.47. The molecule has 2 unspecified atom stereocenters. The van der Waals surface area contributed by atoms with Crippen LogP contribution >= 0.6 is 11.8 Å². The summed E-state index contributed by atoms with van der Waals surface area (Å²) in [4.78, 5) is 4.24. The average Bonchev–Trinajstić information content (AvgIpc) is 3.25. The van der Waals surface area contributed by atoms with Crippen molar-refractivity contribution in [3.8, 4) is 0 Å². The highest BCUT2D eigenvalue weighted by molar-refractivity contribution is 7.99. The maximum atomic E-state index is 14.6. The third kappa shape index (κ3) is 3.28. The number of aromatic nitrogens is 3. The summed E-state index contributed by atoms with van der Waals surface area (Å²) in [5.41, 5.74) is 0.0539. The van der Waals surface area contributed by atoms with Crippen LogP contribution in [0.25, 0.3) is 0 Å². The zero-order chi connectivity index (χ0) is 18.9. The Bertz CT molecular complexity index is 963. The maximum absolute atomic E-state index is 14.6. The van der Waals surface area contributed by atoms with Gasteiger partial charge in [-0.3, -0.25) is 0 Å². The smallest absolute Gasteiger partial charge is 0.186 e. The van der Waals surface area contributed by atoms with E-state index in [4.69, 9.17) is 4.74 Å². The molecule has 1 aliphatic heterocycles. The first-order chi connectivity index (χ1) is 13.2. The molecule has 0 N–H and O–H groups in total. The first-order valence-corrected chi connectivity index (χ1v) is 9.43. The Morgan fingerprint density at radius 1 is 1.19 bits per heavy atom. The number of rotatable bonds is 7. The average molecular weight is 385 g/mol. The van der Waals surface area contributed by atoms with Crippen LogP contribution in [0, 0.1) is 11.6 Å². The van der Waals surface area contributed by atoms with Gasteiger partial charge in [0.05, 0.1) is 6.54 Å². The first kappa shape index (κ1) is 17.9. The van der Waals surface area contributed by atoms with Gasteiger partial charge in [0.25, 0.3) is 0 Å². The van der Waals surface area contributed by atoms with Gasteiger partial charge in [0.2, 0.25) is 0 Å². The molecule has 0 spiro atoms. The molecule has 27 heavy (non-hydrogen) atoms. The van der Waals surface area contributed by atoms with E-state index in [9.17, 15) is 8.78 Å². The van der Waals surface area contributed by atoms with Gasteiger partial charge in [-0.15, -0.1) is 6.58 Å². The van der Waals surface area contributed by atoms with Crippen molar-refractivity contribution in [2.45, 2.75) is 23.4 Å². The van der Waals surface area contributed by atoms with Gasteiger partial charge in [0.15, 0.2) is 16.8 Å². The second kappa shape index (κ2) is 7.25. The van der Waals surface area contributed by atoms with Gasteiger partial charge in [-0.1, -0.05) is 60.3 Å². The first-order valence-electron chi connectivity index (χ1n) is 8.44. The lowest BCUT2D eigenvalue weighted by atomic mass is 9.91. The Morgan fingerprint density at radius 2 is 2.00 bits per heavy atom. The molecule has 7 heteroatoms. The lowest BCUT2D eigenvalue weighted by Gasteiger charge is -2.16. The van der Waals surface area contributed by atoms with Crippen LogP contribution in [0.2, 0.25) is 0 Å². The summed E-state index contributed by atoms with van der Waals surface area (Å²) in [6.45, 7) is 3.93. The normalized spacial score (nSPS) is 21.2. The van der Waals surface area contributed by atoms with Crippen LogP contribution in [0.1, 0.15) is 17.2 Å². The zero-order valence-electron chi connectivity index (χ0n) is 14.4. The number of halogens is 2. The van der Waals surface area contributed by atoms with E-state index in [2.05, 4.69) is 16.7 Å². The molecule has 4 nitrogen and oxygen atoms in total. The summed E-state index contributed by atoms with van der Waals surface area (Å²) in [7, 11) is 0. The molecular weight excluding hydrogens is 368 g/mol. The fourth-order valence-corrected chi connectivity index (χ4v) is 3.86. The van der Waals surface area contributed by atoms with Crippen molar-refractivity contribution in [3.05, 3.63) is 90.3 Å². The second-order valence-corrected chi connectivity index (χ2v) is 7.19. The number of nitrogens with zero attached hydrogens (tertiary/aromatic N) is 3. The summed E-state index contributed by atoms with van der Waals surface area (Å²) < 4.78 is 36.2. The van der Waals surface area contributed by atoms with Crippen molar-refractivity contribution < 1.29 is 13.5 Å². The van der Waals surface area contributed by atoms with E-state index in [1.54, 1.807) is 16.8 Å². The van der Waals surface area contributed by atoms with Crippen LogP contribution in [0.15, 0.2) is 72.7 Å². The molecule has 1 fully saturated rings. The summed E-state index contributed by atoms with van der Waals surface area (Å²) in [5, 5.41) is 4.93. The number of thioether (sulfide) groups is 1. The van der Waals surface area contributed by atoms with Crippen LogP contribution in [0.5, 0.6) is 0 Å². The molecule has 2 atom stereocenters. The predicted molar refractivity (Wildman–Crippen MR) is 99.2 cm³/mol. The van der Waals surface area contributed by atoms with Gasteiger partial charge in [-0.05, 0) is 11.6 Å². The van der Waals surface area contributed by atoms with Gasteiger partial charge in [-0.25, -0.2) is 18.4 Å². The Kier molecular flexibility index (Phi) is 4.80. The third-order valence-electron chi connectivity index (χ3n) is 4.50. The Labute approximate surface area is 159 Å². The monoisotopic (exact) mass is 385 g/mol. The molecule has 1 saturated heterocycles. The highest BCUT2D eigenvalue weighted by Crippen LogP contribution is 2.58. The van der Waals surface area contributed by atoms with Crippen LogP contribution in [0.3, 0.4) is 0 Å². The Hall–Kier alpha value is -2.51. The van der Waals surface area contributed by atoms with Gasteiger partial charge in [0, 0.05) is 11.3 Å². The molecule has 0 saturated carbocycles. The molecule has 1 aliphatic rings.